The van der Waals surface area contributed by atoms with Gasteiger partial charge >= 0.3 is 12.1 Å². The van der Waals surface area contributed by atoms with Crippen molar-refractivity contribution in [2.75, 3.05) is 7.11 Å². The molecule has 3 N–H and O–H groups in total. The van der Waals surface area contributed by atoms with Crippen LogP contribution in [0.15, 0.2) is 48.6 Å². The first-order chi connectivity index (χ1) is 15.6. The summed E-state index contributed by atoms with van der Waals surface area (Å²) in [6.07, 6.45) is 3.46. The number of aliphatic hydroxyl groups is 3. The molecule has 0 radical (unpaired) electrons. The number of unbranched alkanes of at least 4 members (excludes halogenated alkanes) is 1. The molecule has 33 heavy (non-hydrogen) atoms. The fourth-order valence-corrected chi connectivity index (χ4v) is 4.11. The molecule has 0 saturated heterocycles. The number of allylic oxidation sites excluding steroid dienone is 2. The van der Waals surface area contributed by atoms with Crippen molar-refractivity contribution in [2.24, 2.45) is 11.8 Å². The molecule has 1 saturated carbocycles. The third kappa shape index (κ3) is 8.95. The summed E-state index contributed by atoms with van der Waals surface area (Å²) in [6.45, 7) is 0. The number of aryl methyl sites for hydroxylation is 1. The minimum atomic E-state index is -4.40. The second-order valence-corrected chi connectivity index (χ2v) is 8.48. The number of alkyl halides is 3. The summed E-state index contributed by atoms with van der Waals surface area (Å²) in [4.78, 5) is 11.1. The largest absolute Gasteiger partial charge is 0.469 e. The Kier molecular flexibility index (Phi) is 10.6. The molecule has 1 aliphatic carbocycles. The molecule has 0 heterocycles. The summed E-state index contributed by atoms with van der Waals surface area (Å²) >= 11 is 0. The zero-order chi connectivity index (χ0) is 24.4. The average molecular weight is 471 g/mol. The molecule has 5 nitrogen and oxygen atoms in total. The van der Waals surface area contributed by atoms with Crippen molar-refractivity contribution >= 4 is 5.97 Å². The summed E-state index contributed by atoms with van der Waals surface area (Å²) in [5.41, 5.74) is -0.224. The van der Waals surface area contributed by atoms with Gasteiger partial charge in [0.15, 0.2) is 0 Å². The molecule has 1 aromatic rings. The van der Waals surface area contributed by atoms with Crippen molar-refractivity contribution in [3.63, 3.8) is 0 Å². The quantitative estimate of drug-likeness (QED) is 0.256. The topological polar surface area (TPSA) is 87.0 Å². The van der Waals surface area contributed by atoms with Crippen LogP contribution in [0.1, 0.15) is 49.7 Å². The maximum absolute atomic E-state index is 12.8. The molecule has 0 amide bonds. The van der Waals surface area contributed by atoms with Crippen molar-refractivity contribution in [1.82, 2.24) is 0 Å². The lowest BCUT2D eigenvalue weighted by atomic mass is 9.89. The highest BCUT2D eigenvalue weighted by Crippen LogP contribution is 2.36. The van der Waals surface area contributed by atoms with Crippen LogP contribution in [-0.4, -0.2) is 46.7 Å². The van der Waals surface area contributed by atoms with Crippen LogP contribution < -0.4 is 0 Å². The molecule has 1 aromatic carbocycles. The van der Waals surface area contributed by atoms with Crippen LogP contribution in [0.2, 0.25) is 0 Å². The monoisotopic (exact) mass is 470 g/mol. The van der Waals surface area contributed by atoms with Gasteiger partial charge in [0.2, 0.25) is 0 Å². The Balaban J connectivity index is 1.86. The third-order valence-electron chi connectivity index (χ3n) is 6.01. The highest BCUT2D eigenvalue weighted by Gasteiger charge is 2.39. The number of esters is 1. The number of rotatable bonds is 11. The number of ether oxygens (including phenoxy) is 1. The molecule has 5 unspecified atom stereocenters. The molecule has 2 rings (SSSR count). The lowest BCUT2D eigenvalue weighted by Gasteiger charge is -2.19. The molecule has 0 bridgehead atoms. The van der Waals surface area contributed by atoms with Crippen LogP contribution >= 0.6 is 0 Å². The van der Waals surface area contributed by atoms with Crippen LogP contribution in [0.5, 0.6) is 0 Å². The summed E-state index contributed by atoms with van der Waals surface area (Å²) in [5.74, 6) is -0.791. The minimum Gasteiger partial charge on any atom is -0.469 e. The van der Waals surface area contributed by atoms with Crippen LogP contribution in [0, 0.1) is 11.8 Å². The predicted octanol–water partition coefficient (Wildman–Crippen LogP) is 4.20. The van der Waals surface area contributed by atoms with Crippen molar-refractivity contribution < 1.29 is 38.0 Å². The summed E-state index contributed by atoms with van der Waals surface area (Å²) in [5, 5.41) is 30.9. The van der Waals surface area contributed by atoms with Gasteiger partial charge in [-0.3, -0.25) is 4.79 Å². The first kappa shape index (κ1) is 27.1. The van der Waals surface area contributed by atoms with Crippen molar-refractivity contribution in [3.8, 4) is 0 Å². The maximum atomic E-state index is 12.8. The minimum absolute atomic E-state index is 0.205. The molecule has 184 valence electrons. The summed E-state index contributed by atoms with van der Waals surface area (Å²) < 4.78 is 43.1. The van der Waals surface area contributed by atoms with Gasteiger partial charge < -0.3 is 20.1 Å². The van der Waals surface area contributed by atoms with Crippen LogP contribution in [-0.2, 0) is 22.1 Å². The van der Waals surface area contributed by atoms with Crippen LogP contribution in [0.3, 0.4) is 0 Å². The van der Waals surface area contributed by atoms with E-state index in [0.717, 1.165) is 12.1 Å². The van der Waals surface area contributed by atoms with E-state index < -0.39 is 30.1 Å². The second-order valence-electron chi connectivity index (χ2n) is 8.48. The third-order valence-corrected chi connectivity index (χ3v) is 6.01. The molecule has 1 fully saturated rings. The lowest BCUT2D eigenvalue weighted by molar-refractivity contribution is -0.140. The van der Waals surface area contributed by atoms with Crippen molar-refractivity contribution in [1.29, 1.82) is 0 Å². The molecular formula is C25H33F3O5. The molecule has 0 aliphatic heterocycles. The van der Waals surface area contributed by atoms with Gasteiger partial charge in [-0.2, -0.15) is 13.2 Å². The van der Waals surface area contributed by atoms with Gasteiger partial charge in [-0.25, -0.2) is 0 Å². The van der Waals surface area contributed by atoms with Gasteiger partial charge in [-0.15, -0.1) is 0 Å². The lowest BCUT2D eigenvalue weighted by Crippen LogP contribution is -2.20. The highest BCUT2D eigenvalue weighted by molar-refractivity contribution is 5.69. The zero-order valence-electron chi connectivity index (χ0n) is 18.7. The van der Waals surface area contributed by atoms with Gasteiger partial charge in [-0.05, 0) is 49.7 Å². The Morgan fingerprint density at radius 2 is 2.00 bits per heavy atom. The standard InChI is InChI=1S/C25H33F3O5/c1-33-24(32)10-5-3-2-4-9-20-21(23(31)16-22(20)30)14-13-19(29)12-11-17-7-6-8-18(15-17)25(26,27)28/h2,4,6-8,13-15,19-23,29-31H,3,5,9-12,16H2,1H3/b4-2+,14-13+. The number of methoxy groups -OCH3 is 1. The SMILES string of the molecule is COC(=O)CCC/C=C/CC1C(O)CC(O)C1/C=C/C(O)CCc1cccc(C(F)(F)F)c1. The molecule has 0 spiro atoms. The van der Waals surface area contributed by atoms with Gasteiger partial charge in [0.25, 0.3) is 0 Å². The smallest absolute Gasteiger partial charge is 0.416 e. The Morgan fingerprint density at radius 3 is 2.70 bits per heavy atom. The van der Waals surface area contributed by atoms with Crippen LogP contribution in [0.4, 0.5) is 13.2 Å². The van der Waals surface area contributed by atoms with E-state index in [2.05, 4.69) is 4.74 Å². The van der Waals surface area contributed by atoms with E-state index in [4.69, 9.17) is 0 Å². The average Bonchev–Trinajstić information content (AvgIpc) is 3.04. The van der Waals surface area contributed by atoms with E-state index in [1.54, 1.807) is 18.2 Å². The van der Waals surface area contributed by atoms with E-state index >= 15 is 0 Å². The van der Waals surface area contributed by atoms with E-state index in [9.17, 15) is 33.3 Å². The van der Waals surface area contributed by atoms with Crippen molar-refractivity contribution in [3.05, 3.63) is 59.7 Å². The second kappa shape index (κ2) is 12.9. The number of benzene rings is 1. The Morgan fingerprint density at radius 1 is 1.24 bits per heavy atom. The number of hydrogen-bond acceptors (Lipinski definition) is 5. The number of aliphatic hydroxyl groups excluding tert-OH is 3. The van der Waals surface area contributed by atoms with Crippen molar-refractivity contribution in [2.45, 2.75) is 69.4 Å². The fourth-order valence-electron chi connectivity index (χ4n) is 4.11. The Labute approximate surface area is 192 Å². The molecular weight excluding hydrogens is 437 g/mol. The first-order valence-electron chi connectivity index (χ1n) is 11.2. The molecule has 8 heteroatoms. The summed E-state index contributed by atoms with van der Waals surface area (Å²) in [6, 6.07) is 5.04. The fraction of sp³-hybridized carbons (Fsp3) is 0.560. The number of halogens is 3. The van der Waals surface area contributed by atoms with E-state index in [0.29, 0.717) is 31.2 Å². The van der Waals surface area contributed by atoms with E-state index in [-0.39, 0.29) is 37.1 Å². The normalized spacial score (nSPS) is 24.6. The predicted molar refractivity (Wildman–Crippen MR) is 118 cm³/mol. The van der Waals surface area contributed by atoms with Crippen LogP contribution in [0.25, 0.3) is 0 Å². The van der Waals surface area contributed by atoms with Gasteiger partial charge in [0.05, 0.1) is 31.0 Å². The van der Waals surface area contributed by atoms with Gasteiger partial charge in [0, 0.05) is 18.8 Å². The Hall–Kier alpha value is -2.16. The number of carbonyl (C=O) groups excluding carboxylic acids is 1. The number of carbonyl (C=O) groups is 1. The van der Waals surface area contributed by atoms with Gasteiger partial charge in [-0.1, -0.05) is 42.5 Å². The Bertz CT molecular complexity index is 805. The van der Waals surface area contributed by atoms with E-state index in [1.807, 2.05) is 12.2 Å². The zero-order valence-corrected chi connectivity index (χ0v) is 18.7. The molecule has 5 atom stereocenters. The highest BCUT2D eigenvalue weighted by atomic mass is 19.4. The molecule has 1 aliphatic rings. The van der Waals surface area contributed by atoms with E-state index in [1.165, 1.54) is 13.2 Å². The number of hydrogen-bond donors (Lipinski definition) is 3. The first-order valence-corrected chi connectivity index (χ1v) is 11.2. The maximum Gasteiger partial charge on any atom is 0.416 e. The van der Waals surface area contributed by atoms with Gasteiger partial charge in [0.1, 0.15) is 0 Å². The summed E-state index contributed by atoms with van der Waals surface area (Å²) in [7, 11) is 1.35. The molecule has 0 aromatic heterocycles.